The second kappa shape index (κ2) is 3.58. The summed E-state index contributed by atoms with van der Waals surface area (Å²) in [7, 11) is 0. The van der Waals surface area contributed by atoms with Crippen LogP contribution in [0, 0.1) is 5.92 Å². The fraction of sp³-hybridized carbons (Fsp3) is 0.556. The third-order valence-corrected chi connectivity index (χ3v) is 1.79. The number of hydrogen-bond donors (Lipinski definition) is 1. The van der Waals surface area contributed by atoms with Crippen LogP contribution in [0.5, 0.6) is 0 Å². The molecule has 0 saturated heterocycles. The minimum atomic E-state index is -0.257. The first kappa shape index (κ1) is 8.34. The van der Waals surface area contributed by atoms with Gasteiger partial charge in [-0.1, -0.05) is 13.8 Å². The van der Waals surface area contributed by atoms with E-state index in [0.717, 1.165) is 5.56 Å². The summed E-state index contributed by atoms with van der Waals surface area (Å²) in [5.41, 5.74) is 1.06. The second-order valence-electron chi connectivity index (χ2n) is 3.15. The molecule has 1 unspecified atom stereocenters. The zero-order valence-corrected chi connectivity index (χ0v) is 6.95. The predicted molar refractivity (Wildman–Crippen MR) is 43.3 cm³/mol. The Morgan fingerprint density at radius 1 is 1.55 bits per heavy atom. The maximum absolute atomic E-state index is 9.46. The zero-order chi connectivity index (χ0) is 8.27. The maximum Gasteiger partial charge on any atom is 0.0935 e. The van der Waals surface area contributed by atoms with Crippen LogP contribution >= 0.6 is 0 Å². The fourth-order valence-electron chi connectivity index (χ4n) is 0.886. The largest absolute Gasteiger partial charge is 0.472 e. The fourth-order valence-corrected chi connectivity index (χ4v) is 0.886. The Morgan fingerprint density at radius 2 is 2.27 bits per heavy atom. The molecule has 0 spiro atoms. The lowest BCUT2D eigenvalue weighted by Gasteiger charge is -2.12. The van der Waals surface area contributed by atoms with Gasteiger partial charge in [-0.15, -0.1) is 0 Å². The average Bonchev–Trinajstić information content (AvgIpc) is 2.39. The van der Waals surface area contributed by atoms with E-state index < -0.39 is 0 Å². The van der Waals surface area contributed by atoms with Gasteiger partial charge in [0.05, 0.1) is 18.6 Å². The molecule has 0 fully saturated rings. The van der Waals surface area contributed by atoms with Crippen LogP contribution in [0.15, 0.2) is 23.0 Å². The first-order chi connectivity index (χ1) is 5.20. The van der Waals surface area contributed by atoms with Crippen LogP contribution in [0.1, 0.15) is 19.4 Å². The van der Waals surface area contributed by atoms with Gasteiger partial charge in [-0.05, 0) is 17.5 Å². The van der Waals surface area contributed by atoms with E-state index in [1.807, 2.05) is 19.9 Å². The summed E-state index contributed by atoms with van der Waals surface area (Å²) in [5, 5.41) is 9.46. The first-order valence-corrected chi connectivity index (χ1v) is 3.89. The van der Waals surface area contributed by atoms with Crippen LogP contribution in [0.3, 0.4) is 0 Å². The molecular formula is C9H14O2. The van der Waals surface area contributed by atoms with Crippen molar-refractivity contribution >= 4 is 0 Å². The van der Waals surface area contributed by atoms with Gasteiger partial charge in [-0.25, -0.2) is 0 Å². The van der Waals surface area contributed by atoms with E-state index in [9.17, 15) is 5.11 Å². The van der Waals surface area contributed by atoms with Gasteiger partial charge < -0.3 is 9.52 Å². The van der Waals surface area contributed by atoms with Crippen molar-refractivity contribution in [3.8, 4) is 0 Å². The quantitative estimate of drug-likeness (QED) is 0.720. The molecule has 0 aliphatic carbocycles. The predicted octanol–water partition coefficient (Wildman–Crippen LogP) is 1.84. The normalized spacial score (nSPS) is 13.8. The van der Waals surface area contributed by atoms with E-state index in [0.29, 0.717) is 12.3 Å². The summed E-state index contributed by atoms with van der Waals surface area (Å²) in [6.07, 6.45) is 3.73. The van der Waals surface area contributed by atoms with E-state index >= 15 is 0 Å². The highest BCUT2D eigenvalue weighted by molar-refractivity contribution is 5.06. The highest BCUT2D eigenvalue weighted by Crippen LogP contribution is 2.09. The van der Waals surface area contributed by atoms with Crippen molar-refractivity contribution in [2.75, 3.05) is 0 Å². The minimum absolute atomic E-state index is 0.257. The Morgan fingerprint density at radius 3 is 2.73 bits per heavy atom. The standard InChI is InChI=1S/C9H14O2/c1-7(2)9(10)5-8-3-4-11-6-8/h3-4,6-7,9-10H,5H2,1-2H3. The summed E-state index contributed by atoms with van der Waals surface area (Å²) in [6, 6.07) is 1.88. The van der Waals surface area contributed by atoms with Crippen molar-refractivity contribution in [1.82, 2.24) is 0 Å². The SMILES string of the molecule is CC(C)C(O)Cc1ccoc1. The summed E-state index contributed by atoms with van der Waals surface area (Å²) >= 11 is 0. The monoisotopic (exact) mass is 154 g/mol. The summed E-state index contributed by atoms with van der Waals surface area (Å²) in [5.74, 6) is 0.310. The number of aliphatic hydroxyl groups is 1. The Kier molecular flexibility index (Phi) is 2.71. The molecular weight excluding hydrogens is 140 g/mol. The summed E-state index contributed by atoms with van der Waals surface area (Å²) in [4.78, 5) is 0. The highest BCUT2D eigenvalue weighted by Gasteiger charge is 2.09. The van der Waals surface area contributed by atoms with Crippen LogP contribution < -0.4 is 0 Å². The lowest BCUT2D eigenvalue weighted by molar-refractivity contribution is 0.125. The molecule has 1 aromatic heterocycles. The van der Waals surface area contributed by atoms with E-state index in [-0.39, 0.29) is 6.10 Å². The first-order valence-electron chi connectivity index (χ1n) is 3.89. The van der Waals surface area contributed by atoms with Gasteiger partial charge >= 0.3 is 0 Å². The van der Waals surface area contributed by atoms with Gasteiger partial charge in [-0.3, -0.25) is 0 Å². The Bertz CT molecular complexity index is 189. The highest BCUT2D eigenvalue weighted by atomic mass is 16.3. The topological polar surface area (TPSA) is 33.4 Å². The molecule has 0 aromatic carbocycles. The molecule has 0 radical (unpaired) electrons. The second-order valence-corrected chi connectivity index (χ2v) is 3.15. The van der Waals surface area contributed by atoms with Crippen LogP contribution in [-0.2, 0) is 6.42 Å². The molecule has 0 aliphatic rings. The average molecular weight is 154 g/mol. The van der Waals surface area contributed by atoms with Crippen LogP contribution in [0.2, 0.25) is 0 Å². The Labute approximate surface area is 66.8 Å². The smallest absolute Gasteiger partial charge is 0.0935 e. The molecule has 0 saturated carbocycles. The third kappa shape index (κ3) is 2.39. The van der Waals surface area contributed by atoms with E-state index in [4.69, 9.17) is 4.42 Å². The number of rotatable bonds is 3. The molecule has 0 bridgehead atoms. The van der Waals surface area contributed by atoms with Crippen molar-refractivity contribution < 1.29 is 9.52 Å². The van der Waals surface area contributed by atoms with E-state index in [1.54, 1.807) is 12.5 Å². The number of aliphatic hydroxyl groups excluding tert-OH is 1. The van der Waals surface area contributed by atoms with Crippen LogP contribution in [0.4, 0.5) is 0 Å². The van der Waals surface area contributed by atoms with Crippen molar-refractivity contribution in [2.45, 2.75) is 26.4 Å². The molecule has 1 atom stereocenters. The minimum Gasteiger partial charge on any atom is -0.472 e. The van der Waals surface area contributed by atoms with Gasteiger partial charge in [0.25, 0.3) is 0 Å². The Hall–Kier alpha value is -0.760. The lowest BCUT2D eigenvalue weighted by Crippen LogP contribution is -2.17. The molecule has 0 aliphatic heterocycles. The maximum atomic E-state index is 9.46. The van der Waals surface area contributed by atoms with Crippen molar-refractivity contribution in [1.29, 1.82) is 0 Å². The lowest BCUT2D eigenvalue weighted by atomic mass is 10.0. The molecule has 1 aromatic rings. The molecule has 1 N–H and O–H groups in total. The van der Waals surface area contributed by atoms with E-state index in [1.165, 1.54) is 0 Å². The van der Waals surface area contributed by atoms with Crippen molar-refractivity contribution in [2.24, 2.45) is 5.92 Å². The Balaban J connectivity index is 2.43. The number of hydrogen-bond acceptors (Lipinski definition) is 2. The molecule has 0 amide bonds. The molecule has 1 rings (SSSR count). The van der Waals surface area contributed by atoms with Gasteiger partial charge in [0, 0.05) is 6.42 Å². The summed E-state index contributed by atoms with van der Waals surface area (Å²) < 4.78 is 4.88. The van der Waals surface area contributed by atoms with E-state index in [2.05, 4.69) is 0 Å². The molecule has 1 heterocycles. The van der Waals surface area contributed by atoms with Crippen LogP contribution in [-0.4, -0.2) is 11.2 Å². The zero-order valence-electron chi connectivity index (χ0n) is 6.95. The molecule has 62 valence electrons. The van der Waals surface area contributed by atoms with Gasteiger partial charge in [0.1, 0.15) is 0 Å². The molecule has 11 heavy (non-hydrogen) atoms. The van der Waals surface area contributed by atoms with Gasteiger partial charge in [0.15, 0.2) is 0 Å². The van der Waals surface area contributed by atoms with Crippen LogP contribution in [0.25, 0.3) is 0 Å². The summed E-state index contributed by atoms with van der Waals surface area (Å²) in [6.45, 7) is 4.01. The van der Waals surface area contributed by atoms with Crippen molar-refractivity contribution in [3.63, 3.8) is 0 Å². The van der Waals surface area contributed by atoms with Crippen molar-refractivity contribution in [3.05, 3.63) is 24.2 Å². The molecule has 2 heteroatoms. The third-order valence-electron chi connectivity index (χ3n) is 1.79. The van der Waals surface area contributed by atoms with Gasteiger partial charge in [-0.2, -0.15) is 0 Å². The van der Waals surface area contributed by atoms with Gasteiger partial charge in [0.2, 0.25) is 0 Å². The molecule has 2 nitrogen and oxygen atoms in total. The number of furan rings is 1.